The van der Waals surface area contributed by atoms with Gasteiger partial charge in [0.25, 0.3) is 5.91 Å². The maximum atomic E-state index is 12.8. The van der Waals surface area contributed by atoms with Gasteiger partial charge in [-0.3, -0.25) is 4.79 Å². The summed E-state index contributed by atoms with van der Waals surface area (Å²) in [5.41, 5.74) is 2.02. The zero-order chi connectivity index (χ0) is 21.0. The lowest BCUT2D eigenvalue weighted by Crippen LogP contribution is -2.43. The predicted octanol–water partition coefficient (Wildman–Crippen LogP) is 3.85. The first-order chi connectivity index (χ1) is 13.9. The largest absolute Gasteiger partial charge is 0.492 e. The summed E-state index contributed by atoms with van der Waals surface area (Å²) in [4.78, 5) is 20.3. The highest BCUT2D eigenvalue weighted by Gasteiger charge is 2.22. The van der Waals surface area contributed by atoms with Crippen LogP contribution in [0.4, 0.5) is 0 Å². The number of ether oxygens (including phenoxy) is 1. The number of benzene rings is 1. The summed E-state index contributed by atoms with van der Waals surface area (Å²) in [5.74, 6) is 0.908. The van der Waals surface area contributed by atoms with Crippen LogP contribution in [0, 0.1) is 24.2 Å². The second-order valence-corrected chi connectivity index (χ2v) is 9.01. The molecule has 6 nitrogen and oxygen atoms in total. The van der Waals surface area contributed by atoms with Gasteiger partial charge >= 0.3 is 0 Å². The summed E-state index contributed by atoms with van der Waals surface area (Å²) in [5, 5.41) is 13.4. The molecule has 0 radical (unpaired) electrons. The van der Waals surface area contributed by atoms with Crippen LogP contribution in [-0.2, 0) is 0 Å². The van der Waals surface area contributed by atoms with Gasteiger partial charge in [-0.2, -0.15) is 5.26 Å². The molecule has 29 heavy (non-hydrogen) atoms. The number of aryl methyl sites for hydroxylation is 1. The van der Waals surface area contributed by atoms with E-state index in [1.165, 1.54) is 11.3 Å². The molecule has 1 aromatic heterocycles. The van der Waals surface area contributed by atoms with Gasteiger partial charge in [-0.25, -0.2) is 4.98 Å². The average molecular weight is 413 g/mol. The summed E-state index contributed by atoms with van der Waals surface area (Å²) in [6.07, 6.45) is 1.94. The number of amides is 1. The Morgan fingerprint density at radius 2 is 2.14 bits per heavy atom. The number of piperidine rings is 1. The normalized spacial score (nSPS) is 15.3. The van der Waals surface area contributed by atoms with Crippen molar-refractivity contribution in [2.75, 3.05) is 26.7 Å². The van der Waals surface area contributed by atoms with E-state index < -0.39 is 0 Å². The van der Waals surface area contributed by atoms with E-state index >= 15 is 0 Å². The van der Waals surface area contributed by atoms with E-state index in [1.54, 1.807) is 6.07 Å². The molecular weight excluding hydrogens is 384 g/mol. The molecule has 0 saturated carbocycles. The minimum absolute atomic E-state index is 0.0572. The van der Waals surface area contributed by atoms with Gasteiger partial charge in [-0.1, -0.05) is 13.8 Å². The SMILES string of the molecule is Cc1nc(-c2ccc(OCC(C)C)c(C#N)c2)sc1C(=O)NC1CCN(C)CC1. The maximum absolute atomic E-state index is 12.8. The molecule has 3 rings (SSSR count). The number of carbonyl (C=O) groups excluding carboxylic acids is 1. The molecule has 0 atom stereocenters. The number of hydrogen-bond donors (Lipinski definition) is 1. The highest BCUT2D eigenvalue weighted by molar-refractivity contribution is 7.17. The molecular formula is C22H28N4O2S. The number of likely N-dealkylation sites (tertiary alicyclic amines) is 1. The summed E-state index contributed by atoms with van der Waals surface area (Å²) < 4.78 is 5.73. The van der Waals surface area contributed by atoms with Gasteiger partial charge in [-0.15, -0.1) is 11.3 Å². The van der Waals surface area contributed by atoms with Crippen molar-refractivity contribution < 1.29 is 9.53 Å². The standard InChI is InChI=1S/C22H28N4O2S/c1-14(2)13-28-19-6-5-16(11-17(19)12-23)22-24-15(3)20(29-22)21(27)25-18-7-9-26(4)10-8-18/h5-6,11,14,18H,7-10,13H2,1-4H3,(H,25,27). The molecule has 0 aliphatic carbocycles. The summed E-state index contributed by atoms with van der Waals surface area (Å²) in [7, 11) is 2.10. The van der Waals surface area contributed by atoms with E-state index in [1.807, 2.05) is 19.1 Å². The molecule has 2 aromatic rings. The van der Waals surface area contributed by atoms with Crippen LogP contribution in [0.15, 0.2) is 18.2 Å². The third-order valence-corrected chi connectivity index (χ3v) is 6.18. The number of carbonyl (C=O) groups is 1. The van der Waals surface area contributed by atoms with Crippen molar-refractivity contribution >= 4 is 17.2 Å². The molecule has 0 spiro atoms. The van der Waals surface area contributed by atoms with Crippen molar-refractivity contribution in [3.63, 3.8) is 0 Å². The van der Waals surface area contributed by atoms with Crippen LogP contribution in [-0.4, -0.2) is 48.6 Å². The van der Waals surface area contributed by atoms with Crippen molar-refractivity contribution in [2.24, 2.45) is 5.92 Å². The molecule has 0 unspecified atom stereocenters. The minimum Gasteiger partial charge on any atom is -0.492 e. The lowest BCUT2D eigenvalue weighted by atomic mass is 10.1. The maximum Gasteiger partial charge on any atom is 0.263 e. The van der Waals surface area contributed by atoms with Gasteiger partial charge in [0.05, 0.1) is 17.9 Å². The van der Waals surface area contributed by atoms with Gasteiger partial charge in [0, 0.05) is 11.6 Å². The van der Waals surface area contributed by atoms with Gasteiger partial charge in [-0.05, 0) is 64.0 Å². The quantitative estimate of drug-likeness (QED) is 0.780. The Morgan fingerprint density at radius 1 is 1.41 bits per heavy atom. The Kier molecular flexibility index (Phi) is 6.88. The first kappa shape index (κ1) is 21.3. The second kappa shape index (κ2) is 9.38. The fraction of sp³-hybridized carbons (Fsp3) is 0.500. The van der Waals surface area contributed by atoms with Crippen molar-refractivity contribution in [1.82, 2.24) is 15.2 Å². The van der Waals surface area contributed by atoms with Crippen molar-refractivity contribution in [2.45, 2.75) is 39.7 Å². The molecule has 2 heterocycles. The number of nitrogens with zero attached hydrogens (tertiary/aromatic N) is 3. The van der Waals surface area contributed by atoms with Gasteiger partial charge in [0.1, 0.15) is 21.7 Å². The predicted molar refractivity (Wildman–Crippen MR) is 115 cm³/mol. The van der Waals surface area contributed by atoms with Crippen LogP contribution >= 0.6 is 11.3 Å². The van der Waals surface area contributed by atoms with Crippen molar-refractivity contribution in [3.05, 3.63) is 34.3 Å². The number of hydrogen-bond acceptors (Lipinski definition) is 6. The topological polar surface area (TPSA) is 78.2 Å². The second-order valence-electron chi connectivity index (χ2n) is 8.01. The van der Waals surface area contributed by atoms with Crippen LogP contribution in [0.1, 0.15) is 47.6 Å². The van der Waals surface area contributed by atoms with E-state index in [0.29, 0.717) is 34.4 Å². The molecule has 1 aliphatic rings. The number of aromatic nitrogens is 1. The van der Waals surface area contributed by atoms with Crippen molar-refractivity contribution in [3.8, 4) is 22.4 Å². The molecule has 1 aromatic carbocycles. The molecule has 1 amide bonds. The molecule has 7 heteroatoms. The zero-order valence-corrected chi connectivity index (χ0v) is 18.3. The Balaban J connectivity index is 1.75. The number of nitriles is 1. The van der Waals surface area contributed by atoms with Gasteiger partial charge in [0.2, 0.25) is 0 Å². The van der Waals surface area contributed by atoms with Crippen LogP contribution in [0.5, 0.6) is 5.75 Å². The fourth-order valence-corrected chi connectivity index (χ4v) is 4.23. The lowest BCUT2D eigenvalue weighted by Gasteiger charge is -2.29. The van der Waals surface area contributed by atoms with E-state index in [9.17, 15) is 10.1 Å². The van der Waals surface area contributed by atoms with E-state index in [0.717, 1.165) is 36.5 Å². The summed E-state index contributed by atoms with van der Waals surface area (Å²) >= 11 is 1.37. The van der Waals surface area contributed by atoms with Gasteiger partial charge in [0.15, 0.2) is 0 Å². The molecule has 1 aliphatic heterocycles. The van der Waals surface area contributed by atoms with E-state index in [-0.39, 0.29) is 11.9 Å². The fourth-order valence-electron chi connectivity index (χ4n) is 3.27. The third kappa shape index (κ3) is 5.34. The Morgan fingerprint density at radius 3 is 2.79 bits per heavy atom. The first-order valence-electron chi connectivity index (χ1n) is 10.0. The highest BCUT2D eigenvalue weighted by Crippen LogP contribution is 2.31. The molecule has 1 fully saturated rings. The number of nitrogens with one attached hydrogen (secondary N) is 1. The summed E-state index contributed by atoms with van der Waals surface area (Å²) in [6.45, 7) is 8.55. The molecule has 0 bridgehead atoms. The van der Waals surface area contributed by atoms with Crippen LogP contribution in [0.25, 0.3) is 10.6 Å². The first-order valence-corrected chi connectivity index (χ1v) is 10.8. The zero-order valence-electron chi connectivity index (χ0n) is 17.5. The highest BCUT2D eigenvalue weighted by atomic mass is 32.1. The van der Waals surface area contributed by atoms with E-state index in [2.05, 4.69) is 42.2 Å². The average Bonchev–Trinajstić information content (AvgIpc) is 3.09. The number of thiazole rings is 1. The Bertz CT molecular complexity index is 908. The molecule has 154 valence electrons. The molecule has 1 N–H and O–H groups in total. The van der Waals surface area contributed by atoms with Crippen LogP contribution in [0.3, 0.4) is 0 Å². The van der Waals surface area contributed by atoms with E-state index in [4.69, 9.17) is 4.74 Å². The third-order valence-electron chi connectivity index (χ3n) is 4.98. The Labute approximate surface area is 176 Å². The number of rotatable bonds is 6. The smallest absolute Gasteiger partial charge is 0.263 e. The monoisotopic (exact) mass is 412 g/mol. The summed E-state index contributed by atoms with van der Waals surface area (Å²) in [6, 6.07) is 7.91. The van der Waals surface area contributed by atoms with Gasteiger partial charge < -0.3 is 15.0 Å². The Hall–Kier alpha value is -2.43. The van der Waals surface area contributed by atoms with Crippen LogP contribution < -0.4 is 10.1 Å². The minimum atomic E-state index is -0.0572. The van der Waals surface area contributed by atoms with Crippen LogP contribution in [0.2, 0.25) is 0 Å². The van der Waals surface area contributed by atoms with Crippen molar-refractivity contribution in [1.29, 1.82) is 5.26 Å². The molecule has 1 saturated heterocycles. The lowest BCUT2D eigenvalue weighted by molar-refractivity contribution is 0.0920.